The first-order valence-electron chi connectivity index (χ1n) is 5.90. The second-order valence-electron chi connectivity index (χ2n) is 4.25. The molecule has 1 aromatic rings. The highest BCUT2D eigenvalue weighted by molar-refractivity contribution is 5.74. The van der Waals surface area contributed by atoms with Crippen LogP contribution in [0.5, 0.6) is 0 Å². The van der Waals surface area contributed by atoms with Gasteiger partial charge in [-0.05, 0) is 12.1 Å². The van der Waals surface area contributed by atoms with Crippen molar-refractivity contribution in [3.8, 4) is 6.07 Å². The zero-order chi connectivity index (χ0) is 13.0. The Morgan fingerprint density at radius 3 is 2.72 bits per heavy atom. The van der Waals surface area contributed by atoms with E-state index in [4.69, 9.17) is 5.26 Å². The predicted octanol–water partition coefficient (Wildman–Crippen LogP) is 2.13. The molecule has 4 nitrogen and oxygen atoms in total. The van der Waals surface area contributed by atoms with Crippen LogP contribution in [0, 0.1) is 11.3 Å². The summed E-state index contributed by atoms with van der Waals surface area (Å²) in [6.45, 7) is 2.60. The summed E-state index contributed by atoms with van der Waals surface area (Å²) >= 11 is 0. The summed E-state index contributed by atoms with van der Waals surface area (Å²) in [6, 6.07) is 11.9. The first kappa shape index (κ1) is 12.2. The molecule has 1 aliphatic rings. The van der Waals surface area contributed by atoms with Crippen LogP contribution in [0.15, 0.2) is 41.6 Å². The molecule has 0 aromatic heterocycles. The number of nitriles is 1. The molecular weight excluding hydrogens is 226 g/mol. The Balaban J connectivity index is 2.17. The first-order chi connectivity index (χ1) is 8.70. The number of anilines is 1. The molecule has 0 spiro atoms. The highest BCUT2D eigenvalue weighted by atomic mass is 16.2. The molecule has 0 fully saturated rings. The minimum atomic E-state index is 0.0153. The van der Waals surface area contributed by atoms with E-state index in [0.717, 1.165) is 11.4 Å². The summed E-state index contributed by atoms with van der Waals surface area (Å²) in [5.41, 5.74) is 2.53. The van der Waals surface area contributed by atoms with Crippen molar-refractivity contribution >= 4 is 11.6 Å². The Hall–Kier alpha value is -2.28. The minimum absolute atomic E-state index is 0.0153. The van der Waals surface area contributed by atoms with E-state index in [1.165, 1.54) is 6.92 Å². The van der Waals surface area contributed by atoms with Gasteiger partial charge < -0.3 is 10.2 Å². The SMILES string of the molecule is CC(=O)N1CCC(Nc2ccccc2)=C(C#N)C1. The van der Waals surface area contributed by atoms with Crippen molar-refractivity contribution in [3.05, 3.63) is 41.6 Å². The molecule has 1 aliphatic heterocycles. The molecular formula is C14H15N3O. The van der Waals surface area contributed by atoms with E-state index in [1.54, 1.807) is 4.90 Å². The maximum Gasteiger partial charge on any atom is 0.219 e. The lowest BCUT2D eigenvalue weighted by atomic mass is 10.1. The van der Waals surface area contributed by atoms with Gasteiger partial charge in [0, 0.05) is 31.3 Å². The van der Waals surface area contributed by atoms with Crippen molar-refractivity contribution in [1.82, 2.24) is 4.90 Å². The van der Waals surface area contributed by atoms with Gasteiger partial charge >= 0.3 is 0 Å². The van der Waals surface area contributed by atoms with Gasteiger partial charge in [-0.2, -0.15) is 5.26 Å². The van der Waals surface area contributed by atoms with E-state index in [2.05, 4.69) is 11.4 Å². The lowest BCUT2D eigenvalue weighted by molar-refractivity contribution is -0.128. The highest BCUT2D eigenvalue weighted by Crippen LogP contribution is 2.20. The fourth-order valence-electron chi connectivity index (χ4n) is 1.97. The van der Waals surface area contributed by atoms with Crippen molar-refractivity contribution in [2.45, 2.75) is 13.3 Å². The predicted molar refractivity (Wildman–Crippen MR) is 69.6 cm³/mol. The van der Waals surface area contributed by atoms with E-state index in [0.29, 0.717) is 25.1 Å². The van der Waals surface area contributed by atoms with Crippen molar-refractivity contribution in [1.29, 1.82) is 5.26 Å². The summed E-state index contributed by atoms with van der Waals surface area (Å²) in [5.74, 6) is 0.0153. The van der Waals surface area contributed by atoms with Gasteiger partial charge in [-0.25, -0.2) is 0 Å². The monoisotopic (exact) mass is 241 g/mol. The molecule has 1 heterocycles. The van der Waals surface area contributed by atoms with Crippen molar-refractivity contribution in [2.75, 3.05) is 18.4 Å². The average Bonchev–Trinajstić information content (AvgIpc) is 2.40. The maximum atomic E-state index is 11.3. The van der Waals surface area contributed by atoms with Crippen LogP contribution in [0.1, 0.15) is 13.3 Å². The fourth-order valence-corrected chi connectivity index (χ4v) is 1.97. The van der Waals surface area contributed by atoms with Crippen LogP contribution in [-0.4, -0.2) is 23.9 Å². The number of carbonyl (C=O) groups excluding carboxylic acids is 1. The van der Waals surface area contributed by atoms with Crippen LogP contribution in [-0.2, 0) is 4.79 Å². The van der Waals surface area contributed by atoms with Crippen LogP contribution in [0.2, 0.25) is 0 Å². The average molecular weight is 241 g/mol. The van der Waals surface area contributed by atoms with Crippen molar-refractivity contribution in [3.63, 3.8) is 0 Å². The lowest BCUT2D eigenvalue weighted by Crippen LogP contribution is -2.36. The summed E-state index contributed by atoms with van der Waals surface area (Å²) in [4.78, 5) is 13.0. The topological polar surface area (TPSA) is 56.1 Å². The molecule has 0 saturated heterocycles. The normalized spacial score (nSPS) is 15.2. The number of carbonyl (C=O) groups is 1. The highest BCUT2D eigenvalue weighted by Gasteiger charge is 2.20. The van der Waals surface area contributed by atoms with E-state index >= 15 is 0 Å². The molecule has 92 valence electrons. The molecule has 1 aromatic carbocycles. The van der Waals surface area contributed by atoms with Gasteiger partial charge in [0.1, 0.15) is 0 Å². The van der Waals surface area contributed by atoms with E-state index < -0.39 is 0 Å². The Bertz CT molecular complexity index is 514. The van der Waals surface area contributed by atoms with Crippen LogP contribution < -0.4 is 5.32 Å². The summed E-state index contributed by atoms with van der Waals surface area (Å²) < 4.78 is 0. The third kappa shape index (κ3) is 2.69. The van der Waals surface area contributed by atoms with Gasteiger partial charge in [0.05, 0.1) is 18.2 Å². The smallest absolute Gasteiger partial charge is 0.219 e. The van der Waals surface area contributed by atoms with Crippen LogP contribution in [0.4, 0.5) is 5.69 Å². The third-order valence-corrected chi connectivity index (χ3v) is 2.99. The molecule has 1 amide bonds. The molecule has 2 rings (SSSR count). The Morgan fingerprint density at radius 2 is 2.11 bits per heavy atom. The Morgan fingerprint density at radius 1 is 1.39 bits per heavy atom. The van der Waals surface area contributed by atoms with Gasteiger partial charge in [0.25, 0.3) is 0 Å². The molecule has 18 heavy (non-hydrogen) atoms. The number of nitrogens with one attached hydrogen (secondary N) is 1. The number of nitrogens with zero attached hydrogens (tertiary/aromatic N) is 2. The molecule has 0 unspecified atom stereocenters. The Labute approximate surface area is 107 Å². The molecule has 4 heteroatoms. The van der Waals surface area contributed by atoms with Crippen LogP contribution in [0.3, 0.4) is 0 Å². The zero-order valence-electron chi connectivity index (χ0n) is 10.3. The molecule has 0 aliphatic carbocycles. The Kier molecular flexibility index (Phi) is 3.63. The number of amides is 1. The zero-order valence-corrected chi connectivity index (χ0v) is 10.3. The van der Waals surface area contributed by atoms with E-state index in [1.807, 2.05) is 30.3 Å². The van der Waals surface area contributed by atoms with Crippen LogP contribution in [0.25, 0.3) is 0 Å². The second-order valence-corrected chi connectivity index (χ2v) is 4.25. The van der Waals surface area contributed by atoms with Gasteiger partial charge in [-0.3, -0.25) is 4.79 Å². The third-order valence-electron chi connectivity index (χ3n) is 2.99. The van der Waals surface area contributed by atoms with Gasteiger partial charge in [0.15, 0.2) is 0 Å². The number of benzene rings is 1. The summed E-state index contributed by atoms with van der Waals surface area (Å²) in [5, 5.41) is 12.4. The summed E-state index contributed by atoms with van der Waals surface area (Å²) in [7, 11) is 0. The van der Waals surface area contributed by atoms with Crippen LogP contribution >= 0.6 is 0 Å². The molecule has 0 atom stereocenters. The number of hydrogen-bond acceptors (Lipinski definition) is 3. The van der Waals surface area contributed by atoms with E-state index in [9.17, 15) is 4.79 Å². The number of hydrogen-bond donors (Lipinski definition) is 1. The molecule has 1 N–H and O–H groups in total. The number of rotatable bonds is 2. The first-order valence-corrected chi connectivity index (χ1v) is 5.90. The quantitative estimate of drug-likeness (QED) is 0.863. The second kappa shape index (κ2) is 5.37. The van der Waals surface area contributed by atoms with E-state index in [-0.39, 0.29) is 5.91 Å². The van der Waals surface area contributed by atoms with Gasteiger partial charge in [-0.1, -0.05) is 18.2 Å². The summed E-state index contributed by atoms with van der Waals surface area (Å²) in [6.07, 6.45) is 0.692. The maximum absolute atomic E-state index is 11.3. The van der Waals surface area contributed by atoms with Gasteiger partial charge in [0.2, 0.25) is 5.91 Å². The van der Waals surface area contributed by atoms with Crippen molar-refractivity contribution in [2.24, 2.45) is 0 Å². The molecule has 0 radical (unpaired) electrons. The molecule has 0 bridgehead atoms. The van der Waals surface area contributed by atoms with Crippen molar-refractivity contribution < 1.29 is 4.79 Å². The number of para-hydroxylation sites is 1. The largest absolute Gasteiger partial charge is 0.358 e. The fraction of sp³-hybridized carbons (Fsp3) is 0.286. The van der Waals surface area contributed by atoms with Gasteiger partial charge in [-0.15, -0.1) is 0 Å². The standard InChI is InChI=1S/C14H15N3O/c1-11(18)17-8-7-14(12(9-15)10-17)16-13-5-3-2-4-6-13/h2-6,16H,7-8,10H2,1H3. The lowest BCUT2D eigenvalue weighted by Gasteiger charge is -2.28. The minimum Gasteiger partial charge on any atom is -0.358 e. The molecule has 0 saturated carbocycles.